The number of hydrogen-bond acceptors (Lipinski definition) is 2. The van der Waals surface area contributed by atoms with E-state index in [4.69, 9.17) is 5.11 Å². The minimum atomic E-state index is 0.347. The second-order valence-electron chi connectivity index (χ2n) is 3.93. The van der Waals surface area contributed by atoms with Crippen LogP contribution >= 0.6 is 0 Å². The zero-order chi connectivity index (χ0) is 9.52. The monoisotopic (exact) mass is 185 g/mol. The average Bonchev–Trinajstić information content (AvgIpc) is 2.19. The molecule has 0 radical (unpaired) electrons. The van der Waals surface area contributed by atoms with Gasteiger partial charge in [-0.15, -0.1) is 0 Å². The SMILES string of the molecule is O=CNCCC1CCC(CO)CC1. The third kappa shape index (κ3) is 3.77. The van der Waals surface area contributed by atoms with Crippen molar-refractivity contribution in [2.45, 2.75) is 32.1 Å². The Labute approximate surface area is 79.5 Å². The lowest BCUT2D eigenvalue weighted by Gasteiger charge is -2.26. The molecule has 0 heterocycles. The second-order valence-corrected chi connectivity index (χ2v) is 3.93. The molecule has 13 heavy (non-hydrogen) atoms. The molecule has 0 spiro atoms. The highest BCUT2D eigenvalue weighted by molar-refractivity contribution is 5.45. The summed E-state index contributed by atoms with van der Waals surface area (Å²) in [5.41, 5.74) is 0. The zero-order valence-corrected chi connectivity index (χ0v) is 8.04. The lowest BCUT2D eigenvalue weighted by atomic mass is 9.81. The highest BCUT2D eigenvalue weighted by atomic mass is 16.3. The van der Waals surface area contributed by atoms with E-state index < -0.39 is 0 Å². The van der Waals surface area contributed by atoms with E-state index in [1.165, 1.54) is 12.8 Å². The highest BCUT2D eigenvalue weighted by Gasteiger charge is 2.19. The highest BCUT2D eigenvalue weighted by Crippen LogP contribution is 2.29. The quantitative estimate of drug-likeness (QED) is 0.494. The Bertz CT molecular complexity index is 142. The fraction of sp³-hybridized carbons (Fsp3) is 0.900. The van der Waals surface area contributed by atoms with E-state index >= 15 is 0 Å². The number of rotatable bonds is 5. The van der Waals surface area contributed by atoms with E-state index in [9.17, 15) is 4.79 Å². The smallest absolute Gasteiger partial charge is 0.207 e. The molecular formula is C10H19NO2. The molecule has 0 aliphatic heterocycles. The van der Waals surface area contributed by atoms with E-state index in [1.54, 1.807) is 0 Å². The third-order valence-electron chi connectivity index (χ3n) is 3.00. The molecule has 0 aromatic carbocycles. The van der Waals surface area contributed by atoms with Crippen molar-refractivity contribution in [1.82, 2.24) is 5.32 Å². The molecule has 0 saturated heterocycles. The van der Waals surface area contributed by atoms with Crippen LogP contribution in [0.15, 0.2) is 0 Å². The molecule has 3 nitrogen and oxygen atoms in total. The maximum Gasteiger partial charge on any atom is 0.207 e. The minimum Gasteiger partial charge on any atom is -0.396 e. The van der Waals surface area contributed by atoms with Crippen LogP contribution in [0, 0.1) is 11.8 Å². The van der Waals surface area contributed by atoms with E-state index in [-0.39, 0.29) is 0 Å². The fourth-order valence-electron chi connectivity index (χ4n) is 2.05. The predicted octanol–water partition coefficient (Wildman–Crippen LogP) is 0.921. The minimum absolute atomic E-state index is 0.347. The number of carbonyl (C=O) groups is 1. The molecular weight excluding hydrogens is 166 g/mol. The first-order chi connectivity index (χ1) is 6.36. The molecule has 0 atom stereocenters. The van der Waals surface area contributed by atoms with Crippen molar-refractivity contribution in [3.05, 3.63) is 0 Å². The van der Waals surface area contributed by atoms with Gasteiger partial charge in [0.25, 0.3) is 0 Å². The lowest BCUT2D eigenvalue weighted by Crippen LogP contribution is -2.21. The zero-order valence-electron chi connectivity index (χ0n) is 8.04. The lowest BCUT2D eigenvalue weighted by molar-refractivity contribution is -0.109. The largest absolute Gasteiger partial charge is 0.396 e. The normalized spacial score (nSPS) is 28.4. The topological polar surface area (TPSA) is 49.3 Å². The summed E-state index contributed by atoms with van der Waals surface area (Å²) in [7, 11) is 0. The van der Waals surface area contributed by atoms with Gasteiger partial charge in [0.15, 0.2) is 0 Å². The van der Waals surface area contributed by atoms with E-state index in [0.29, 0.717) is 12.5 Å². The number of carbonyl (C=O) groups excluding carboxylic acids is 1. The molecule has 1 aliphatic carbocycles. The Kier molecular flexibility index (Phi) is 4.83. The van der Waals surface area contributed by atoms with Gasteiger partial charge in [-0.05, 0) is 31.1 Å². The van der Waals surface area contributed by atoms with Crippen LogP contribution < -0.4 is 5.32 Å². The van der Waals surface area contributed by atoms with Crippen LogP contribution in [-0.2, 0) is 4.79 Å². The molecule has 1 saturated carbocycles. The van der Waals surface area contributed by atoms with Crippen molar-refractivity contribution >= 4 is 6.41 Å². The predicted molar refractivity (Wildman–Crippen MR) is 51.2 cm³/mol. The van der Waals surface area contributed by atoms with Gasteiger partial charge in [0.1, 0.15) is 0 Å². The van der Waals surface area contributed by atoms with Crippen molar-refractivity contribution in [2.75, 3.05) is 13.2 Å². The van der Waals surface area contributed by atoms with Gasteiger partial charge in [0.05, 0.1) is 0 Å². The molecule has 1 fully saturated rings. The summed E-state index contributed by atoms with van der Waals surface area (Å²) in [4.78, 5) is 10.0. The van der Waals surface area contributed by atoms with Gasteiger partial charge < -0.3 is 10.4 Å². The summed E-state index contributed by atoms with van der Waals surface area (Å²) >= 11 is 0. The van der Waals surface area contributed by atoms with Gasteiger partial charge in [0.2, 0.25) is 6.41 Å². The number of aliphatic hydroxyl groups is 1. The molecule has 0 aromatic heterocycles. The molecule has 3 heteroatoms. The summed E-state index contributed by atoms with van der Waals surface area (Å²) in [5, 5.41) is 11.6. The fourth-order valence-corrected chi connectivity index (χ4v) is 2.05. The van der Waals surface area contributed by atoms with Crippen molar-refractivity contribution < 1.29 is 9.90 Å². The summed E-state index contributed by atoms with van der Waals surface area (Å²) < 4.78 is 0. The molecule has 76 valence electrons. The van der Waals surface area contributed by atoms with Crippen LogP contribution in [-0.4, -0.2) is 24.7 Å². The van der Waals surface area contributed by atoms with E-state index in [1.807, 2.05) is 0 Å². The van der Waals surface area contributed by atoms with Crippen LogP contribution in [0.25, 0.3) is 0 Å². The summed E-state index contributed by atoms with van der Waals surface area (Å²) in [6.45, 7) is 1.15. The van der Waals surface area contributed by atoms with Crippen molar-refractivity contribution in [1.29, 1.82) is 0 Å². The van der Waals surface area contributed by atoms with Gasteiger partial charge in [-0.2, -0.15) is 0 Å². The molecule has 0 bridgehead atoms. The van der Waals surface area contributed by atoms with Gasteiger partial charge >= 0.3 is 0 Å². The van der Waals surface area contributed by atoms with Gasteiger partial charge in [-0.25, -0.2) is 0 Å². The number of nitrogens with one attached hydrogen (secondary N) is 1. The molecule has 0 aromatic rings. The standard InChI is InChI=1S/C10H19NO2/c12-7-10-3-1-9(2-4-10)5-6-11-8-13/h8-10,12H,1-7H2,(H,11,13). The first-order valence-corrected chi connectivity index (χ1v) is 5.14. The molecule has 1 rings (SSSR count). The molecule has 0 unspecified atom stereocenters. The third-order valence-corrected chi connectivity index (χ3v) is 3.00. The first-order valence-electron chi connectivity index (χ1n) is 5.14. The average molecular weight is 185 g/mol. The van der Waals surface area contributed by atoms with Gasteiger partial charge in [-0.3, -0.25) is 4.79 Å². The number of hydrogen-bond donors (Lipinski definition) is 2. The Morgan fingerprint density at radius 3 is 2.38 bits per heavy atom. The Morgan fingerprint density at radius 2 is 1.85 bits per heavy atom. The van der Waals surface area contributed by atoms with Crippen molar-refractivity contribution in [2.24, 2.45) is 11.8 Å². The van der Waals surface area contributed by atoms with Gasteiger partial charge in [-0.1, -0.05) is 12.8 Å². The van der Waals surface area contributed by atoms with Crippen LogP contribution in [0.2, 0.25) is 0 Å². The number of amides is 1. The van der Waals surface area contributed by atoms with Crippen molar-refractivity contribution in [3.8, 4) is 0 Å². The summed E-state index contributed by atoms with van der Waals surface area (Å²) in [6, 6.07) is 0. The van der Waals surface area contributed by atoms with Crippen LogP contribution in [0.4, 0.5) is 0 Å². The maximum absolute atomic E-state index is 10.0. The van der Waals surface area contributed by atoms with E-state index in [2.05, 4.69) is 5.32 Å². The Morgan fingerprint density at radius 1 is 1.23 bits per heavy atom. The molecule has 1 aliphatic rings. The Hall–Kier alpha value is -0.570. The van der Waals surface area contributed by atoms with Crippen LogP contribution in [0.5, 0.6) is 0 Å². The maximum atomic E-state index is 10.0. The van der Waals surface area contributed by atoms with Crippen molar-refractivity contribution in [3.63, 3.8) is 0 Å². The molecule has 2 N–H and O–H groups in total. The summed E-state index contributed by atoms with van der Waals surface area (Å²) in [6.07, 6.45) is 6.60. The van der Waals surface area contributed by atoms with Crippen LogP contribution in [0.1, 0.15) is 32.1 Å². The molecule has 1 amide bonds. The first kappa shape index (κ1) is 10.5. The Balaban J connectivity index is 2.06. The van der Waals surface area contributed by atoms with Gasteiger partial charge in [0, 0.05) is 13.2 Å². The second kappa shape index (κ2) is 5.97. The number of aliphatic hydroxyl groups excluding tert-OH is 1. The summed E-state index contributed by atoms with van der Waals surface area (Å²) in [5.74, 6) is 1.30. The van der Waals surface area contributed by atoms with Crippen LogP contribution in [0.3, 0.4) is 0 Å². The van der Waals surface area contributed by atoms with E-state index in [0.717, 1.165) is 38.1 Å².